The first-order valence-electron chi connectivity index (χ1n) is 4.47. The van der Waals surface area contributed by atoms with Crippen LogP contribution in [0.1, 0.15) is 33.1 Å². The van der Waals surface area contributed by atoms with Crippen molar-refractivity contribution in [2.75, 3.05) is 5.88 Å². The molecule has 70 valence electrons. The van der Waals surface area contributed by atoms with E-state index in [4.69, 9.17) is 23.2 Å². The van der Waals surface area contributed by atoms with Crippen LogP contribution < -0.4 is 0 Å². The Bertz CT molecular complexity index is 177. The van der Waals surface area contributed by atoms with E-state index in [2.05, 4.69) is 19.9 Å². The van der Waals surface area contributed by atoms with Crippen LogP contribution >= 0.6 is 23.2 Å². The average Bonchev–Trinajstić information content (AvgIpc) is 2.03. The van der Waals surface area contributed by atoms with E-state index in [0.717, 1.165) is 12.8 Å². The maximum atomic E-state index is 6.24. The SMILES string of the molecule is CC(C)(Cl)C1CC=C(CCl)CC1. The molecule has 0 radical (unpaired) electrons. The normalized spacial score (nSPS) is 25.3. The van der Waals surface area contributed by atoms with Crippen LogP contribution in [0.2, 0.25) is 0 Å². The quantitative estimate of drug-likeness (QED) is 0.474. The maximum absolute atomic E-state index is 6.24. The van der Waals surface area contributed by atoms with Gasteiger partial charge in [0.15, 0.2) is 0 Å². The number of rotatable bonds is 2. The fourth-order valence-electron chi connectivity index (χ4n) is 1.63. The van der Waals surface area contributed by atoms with Crippen molar-refractivity contribution in [3.05, 3.63) is 11.6 Å². The molecule has 0 heterocycles. The monoisotopic (exact) mass is 206 g/mol. The van der Waals surface area contributed by atoms with Crippen LogP contribution in [0, 0.1) is 5.92 Å². The van der Waals surface area contributed by atoms with Crippen LogP contribution in [0.4, 0.5) is 0 Å². The molecule has 1 aliphatic carbocycles. The van der Waals surface area contributed by atoms with Gasteiger partial charge < -0.3 is 0 Å². The molecule has 0 aliphatic heterocycles. The highest BCUT2D eigenvalue weighted by Gasteiger charge is 2.27. The number of alkyl halides is 2. The van der Waals surface area contributed by atoms with Gasteiger partial charge in [0.25, 0.3) is 0 Å². The van der Waals surface area contributed by atoms with E-state index in [1.165, 1.54) is 12.0 Å². The zero-order chi connectivity index (χ0) is 9.19. The maximum Gasteiger partial charge on any atom is 0.0433 e. The number of halogens is 2. The first-order chi connectivity index (χ1) is 5.54. The third-order valence-corrected chi connectivity index (χ3v) is 3.30. The van der Waals surface area contributed by atoms with Gasteiger partial charge in [0.2, 0.25) is 0 Å². The highest BCUT2D eigenvalue weighted by Crippen LogP contribution is 2.35. The van der Waals surface area contributed by atoms with Crippen LogP contribution in [0.15, 0.2) is 11.6 Å². The highest BCUT2D eigenvalue weighted by molar-refractivity contribution is 6.23. The lowest BCUT2D eigenvalue weighted by atomic mass is 9.82. The molecule has 0 saturated heterocycles. The van der Waals surface area contributed by atoms with Crippen molar-refractivity contribution in [3.8, 4) is 0 Å². The second-order valence-electron chi connectivity index (χ2n) is 4.03. The summed E-state index contributed by atoms with van der Waals surface area (Å²) in [7, 11) is 0. The second-order valence-corrected chi connectivity index (χ2v) is 5.27. The Hall–Kier alpha value is 0.320. The summed E-state index contributed by atoms with van der Waals surface area (Å²) in [5.41, 5.74) is 1.38. The first kappa shape index (κ1) is 10.4. The average molecular weight is 207 g/mol. The summed E-state index contributed by atoms with van der Waals surface area (Å²) < 4.78 is 0. The standard InChI is InChI=1S/C10H16Cl2/c1-10(2,12)9-5-3-8(7-11)4-6-9/h3,9H,4-7H2,1-2H3. The number of hydrogen-bond donors (Lipinski definition) is 0. The Balaban J connectivity index is 2.52. The molecule has 12 heavy (non-hydrogen) atoms. The Labute approximate surface area is 84.9 Å². The van der Waals surface area contributed by atoms with E-state index in [1.54, 1.807) is 0 Å². The van der Waals surface area contributed by atoms with E-state index >= 15 is 0 Å². The summed E-state index contributed by atoms with van der Waals surface area (Å²) in [6.07, 6.45) is 5.67. The lowest BCUT2D eigenvalue weighted by Crippen LogP contribution is -2.26. The molecule has 2 heteroatoms. The Morgan fingerprint density at radius 2 is 2.25 bits per heavy atom. The smallest absolute Gasteiger partial charge is 0.0433 e. The minimum atomic E-state index is -0.0612. The molecule has 0 N–H and O–H groups in total. The fourth-order valence-corrected chi connectivity index (χ4v) is 2.07. The molecule has 0 bridgehead atoms. The predicted octanol–water partition coefficient (Wildman–Crippen LogP) is 3.97. The number of hydrogen-bond acceptors (Lipinski definition) is 0. The molecule has 0 spiro atoms. The Kier molecular flexibility index (Phi) is 3.48. The molecular formula is C10H16Cl2. The van der Waals surface area contributed by atoms with Gasteiger partial charge in [0.1, 0.15) is 0 Å². The topological polar surface area (TPSA) is 0 Å². The molecule has 0 saturated carbocycles. The predicted molar refractivity (Wildman–Crippen MR) is 56.1 cm³/mol. The minimum absolute atomic E-state index is 0.0612. The van der Waals surface area contributed by atoms with Crippen molar-refractivity contribution in [2.24, 2.45) is 5.92 Å². The zero-order valence-corrected chi connectivity index (χ0v) is 9.25. The molecule has 1 aliphatic rings. The molecule has 1 rings (SSSR count). The van der Waals surface area contributed by atoms with Gasteiger partial charge in [0.05, 0.1) is 0 Å². The van der Waals surface area contributed by atoms with Gasteiger partial charge in [-0.3, -0.25) is 0 Å². The summed E-state index contributed by atoms with van der Waals surface area (Å²) in [6.45, 7) is 4.19. The molecule has 0 aromatic rings. The molecule has 0 amide bonds. The third kappa shape index (κ3) is 2.67. The van der Waals surface area contributed by atoms with E-state index < -0.39 is 0 Å². The largest absolute Gasteiger partial charge is 0.122 e. The number of allylic oxidation sites excluding steroid dienone is 2. The van der Waals surface area contributed by atoms with Gasteiger partial charge in [-0.15, -0.1) is 23.2 Å². The van der Waals surface area contributed by atoms with E-state index in [1.807, 2.05) is 0 Å². The lowest BCUT2D eigenvalue weighted by molar-refractivity contribution is 0.377. The summed E-state index contributed by atoms with van der Waals surface area (Å²) in [5, 5.41) is 0. The first-order valence-corrected chi connectivity index (χ1v) is 5.38. The Morgan fingerprint density at radius 1 is 1.58 bits per heavy atom. The fraction of sp³-hybridized carbons (Fsp3) is 0.800. The zero-order valence-electron chi connectivity index (χ0n) is 7.74. The lowest BCUT2D eigenvalue weighted by Gasteiger charge is -2.30. The van der Waals surface area contributed by atoms with Gasteiger partial charge in [-0.05, 0) is 39.0 Å². The second kappa shape index (κ2) is 4.02. The van der Waals surface area contributed by atoms with Crippen molar-refractivity contribution >= 4 is 23.2 Å². The van der Waals surface area contributed by atoms with E-state index in [0.29, 0.717) is 11.8 Å². The van der Waals surface area contributed by atoms with Gasteiger partial charge in [0, 0.05) is 10.8 Å². The molecule has 1 unspecified atom stereocenters. The van der Waals surface area contributed by atoms with Gasteiger partial charge >= 0.3 is 0 Å². The van der Waals surface area contributed by atoms with Crippen molar-refractivity contribution in [1.29, 1.82) is 0 Å². The van der Waals surface area contributed by atoms with Crippen molar-refractivity contribution < 1.29 is 0 Å². The summed E-state index contributed by atoms with van der Waals surface area (Å²) >= 11 is 12.0. The van der Waals surface area contributed by atoms with Crippen LogP contribution in [0.3, 0.4) is 0 Å². The highest BCUT2D eigenvalue weighted by atomic mass is 35.5. The third-order valence-electron chi connectivity index (χ3n) is 2.65. The molecule has 0 nitrogen and oxygen atoms in total. The van der Waals surface area contributed by atoms with Crippen molar-refractivity contribution in [3.63, 3.8) is 0 Å². The molecular weight excluding hydrogens is 191 g/mol. The van der Waals surface area contributed by atoms with Crippen LogP contribution in [-0.2, 0) is 0 Å². The van der Waals surface area contributed by atoms with Crippen LogP contribution in [0.25, 0.3) is 0 Å². The summed E-state index contributed by atoms with van der Waals surface area (Å²) in [6, 6.07) is 0. The Morgan fingerprint density at radius 3 is 2.58 bits per heavy atom. The van der Waals surface area contributed by atoms with Crippen molar-refractivity contribution in [2.45, 2.75) is 38.0 Å². The van der Waals surface area contributed by atoms with E-state index in [9.17, 15) is 0 Å². The van der Waals surface area contributed by atoms with Gasteiger partial charge in [-0.2, -0.15) is 0 Å². The van der Waals surface area contributed by atoms with Gasteiger partial charge in [-0.1, -0.05) is 11.6 Å². The minimum Gasteiger partial charge on any atom is -0.122 e. The van der Waals surface area contributed by atoms with E-state index in [-0.39, 0.29) is 4.87 Å². The molecule has 1 atom stereocenters. The van der Waals surface area contributed by atoms with Crippen LogP contribution in [0.5, 0.6) is 0 Å². The molecule has 0 fully saturated rings. The van der Waals surface area contributed by atoms with Gasteiger partial charge in [-0.25, -0.2) is 0 Å². The molecule has 0 aromatic carbocycles. The summed E-state index contributed by atoms with van der Waals surface area (Å²) in [5.74, 6) is 1.31. The van der Waals surface area contributed by atoms with Crippen molar-refractivity contribution in [1.82, 2.24) is 0 Å². The molecule has 0 aromatic heterocycles. The van der Waals surface area contributed by atoms with Crippen LogP contribution in [-0.4, -0.2) is 10.8 Å². The summed E-state index contributed by atoms with van der Waals surface area (Å²) in [4.78, 5) is -0.0612.